The monoisotopic (exact) mass is 473 g/mol. The van der Waals surface area contributed by atoms with Crippen molar-refractivity contribution >= 4 is 23.4 Å². The van der Waals surface area contributed by atoms with E-state index in [9.17, 15) is 18.8 Å². The molecule has 0 bridgehead atoms. The van der Waals surface area contributed by atoms with Gasteiger partial charge in [-0.1, -0.05) is 6.07 Å². The fraction of sp³-hybridized carbons (Fsp3) is 0.160. The van der Waals surface area contributed by atoms with E-state index >= 15 is 0 Å². The zero-order valence-electron chi connectivity index (χ0n) is 18.8. The SMILES string of the molecule is CN=C(C=CN)Nc1nccc(-c2cc(C#N)c3c(c2)CCN3C(=O)Cc2c(F)cccc2F)n1. The molecule has 2 heterocycles. The summed E-state index contributed by atoms with van der Waals surface area (Å²) in [5, 5.41) is 12.8. The van der Waals surface area contributed by atoms with Crippen molar-refractivity contribution in [1.29, 1.82) is 5.26 Å². The van der Waals surface area contributed by atoms with Gasteiger partial charge in [0.05, 0.1) is 23.4 Å². The topological polar surface area (TPSA) is 120 Å². The van der Waals surface area contributed by atoms with Gasteiger partial charge < -0.3 is 16.0 Å². The number of rotatable bonds is 5. The number of aliphatic imine (C=N–C) groups is 1. The van der Waals surface area contributed by atoms with Crippen LogP contribution < -0.4 is 16.0 Å². The largest absolute Gasteiger partial charge is 0.404 e. The molecule has 3 N–H and O–H groups in total. The number of nitrogens with zero attached hydrogens (tertiary/aromatic N) is 5. The van der Waals surface area contributed by atoms with Gasteiger partial charge in [-0.15, -0.1) is 0 Å². The minimum atomic E-state index is -0.778. The quantitative estimate of drug-likeness (QED) is 0.433. The van der Waals surface area contributed by atoms with Crippen molar-refractivity contribution in [3.05, 3.63) is 83.2 Å². The van der Waals surface area contributed by atoms with E-state index < -0.39 is 24.0 Å². The fourth-order valence-electron chi connectivity index (χ4n) is 3.94. The van der Waals surface area contributed by atoms with Crippen molar-refractivity contribution in [1.82, 2.24) is 9.97 Å². The van der Waals surface area contributed by atoms with E-state index in [0.29, 0.717) is 41.7 Å². The lowest BCUT2D eigenvalue weighted by Crippen LogP contribution is -2.31. The average molecular weight is 473 g/mol. The number of nitrogens with one attached hydrogen (secondary N) is 1. The van der Waals surface area contributed by atoms with Crippen molar-refractivity contribution < 1.29 is 13.6 Å². The van der Waals surface area contributed by atoms with Gasteiger partial charge in [-0.25, -0.2) is 18.7 Å². The van der Waals surface area contributed by atoms with Gasteiger partial charge in [-0.2, -0.15) is 5.26 Å². The van der Waals surface area contributed by atoms with E-state index in [2.05, 4.69) is 26.3 Å². The number of amidine groups is 1. The van der Waals surface area contributed by atoms with Gasteiger partial charge in [0, 0.05) is 30.9 Å². The molecule has 0 saturated heterocycles. The molecule has 10 heteroatoms. The highest BCUT2D eigenvalue weighted by molar-refractivity contribution is 6.02. The summed E-state index contributed by atoms with van der Waals surface area (Å²) >= 11 is 0. The molecule has 4 rings (SSSR count). The first kappa shape index (κ1) is 23.5. The number of aromatic nitrogens is 2. The van der Waals surface area contributed by atoms with Crippen LogP contribution in [-0.4, -0.2) is 35.3 Å². The highest BCUT2D eigenvalue weighted by Gasteiger charge is 2.29. The lowest BCUT2D eigenvalue weighted by Gasteiger charge is -2.19. The van der Waals surface area contributed by atoms with E-state index in [0.717, 1.165) is 17.7 Å². The van der Waals surface area contributed by atoms with Crippen molar-refractivity contribution in [2.24, 2.45) is 10.7 Å². The first-order chi connectivity index (χ1) is 16.9. The van der Waals surface area contributed by atoms with Crippen LogP contribution in [0, 0.1) is 23.0 Å². The zero-order valence-corrected chi connectivity index (χ0v) is 18.8. The van der Waals surface area contributed by atoms with E-state index in [1.54, 1.807) is 31.5 Å². The van der Waals surface area contributed by atoms with Crippen molar-refractivity contribution in [3.63, 3.8) is 0 Å². The predicted octanol–water partition coefficient (Wildman–Crippen LogP) is 3.34. The molecule has 0 atom stereocenters. The lowest BCUT2D eigenvalue weighted by molar-refractivity contribution is -0.118. The van der Waals surface area contributed by atoms with E-state index in [-0.39, 0.29) is 11.1 Å². The summed E-state index contributed by atoms with van der Waals surface area (Å²) < 4.78 is 28.1. The Hall–Kier alpha value is -4.65. The fourth-order valence-corrected chi connectivity index (χ4v) is 3.94. The van der Waals surface area contributed by atoms with Gasteiger partial charge in [-0.3, -0.25) is 9.79 Å². The number of halogens is 2. The number of fused-ring (bicyclic) bond motifs is 1. The Morgan fingerprint density at radius 1 is 1.31 bits per heavy atom. The lowest BCUT2D eigenvalue weighted by atomic mass is 10.0. The summed E-state index contributed by atoms with van der Waals surface area (Å²) in [5.74, 6) is -1.27. The molecule has 0 saturated carbocycles. The molecule has 1 amide bonds. The first-order valence-corrected chi connectivity index (χ1v) is 10.7. The summed E-state index contributed by atoms with van der Waals surface area (Å²) in [6.45, 7) is 0.306. The Morgan fingerprint density at radius 3 is 2.77 bits per heavy atom. The minimum Gasteiger partial charge on any atom is -0.404 e. The third kappa shape index (κ3) is 4.84. The van der Waals surface area contributed by atoms with Crippen molar-refractivity contribution in [2.45, 2.75) is 12.8 Å². The van der Waals surface area contributed by atoms with Crippen molar-refractivity contribution in [3.8, 4) is 17.3 Å². The van der Waals surface area contributed by atoms with Crippen molar-refractivity contribution in [2.75, 3.05) is 23.8 Å². The molecule has 0 fully saturated rings. The van der Waals surface area contributed by atoms with E-state index in [4.69, 9.17) is 5.73 Å². The number of carbonyl (C=O) groups is 1. The van der Waals surface area contributed by atoms with Crippen LogP contribution in [0.2, 0.25) is 0 Å². The highest BCUT2D eigenvalue weighted by atomic mass is 19.1. The summed E-state index contributed by atoms with van der Waals surface area (Å²) in [6, 6.07) is 10.8. The zero-order chi connectivity index (χ0) is 24.9. The molecule has 176 valence electrons. The van der Waals surface area contributed by atoms with Crippen LogP contribution in [0.15, 0.2) is 59.9 Å². The third-order valence-corrected chi connectivity index (χ3v) is 5.56. The van der Waals surface area contributed by atoms with Gasteiger partial charge in [0.15, 0.2) is 0 Å². The smallest absolute Gasteiger partial charge is 0.231 e. The van der Waals surface area contributed by atoms with Gasteiger partial charge in [-0.05, 0) is 54.6 Å². The molecule has 35 heavy (non-hydrogen) atoms. The first-order valence-electron chi connectivity index (χ1n) is 10.7. The normalized spacial score (nSPS) is 13.1. The van der Waals surface area contributed by atoms with Gasteiger partial charge >= 0.3 is 0 Å². The van der Waals surface area contributed by atoms with Crippen LogP contribution in [0.5, 0.6) is 0 Å². The van der Waals surface area contributed by atoms with Crippen LogP contribution in [0.1, 0.15) is 16.7 Å². The number of anilines is 2. The molecule has 3 aromatic rings. The molecule has 8 nitrogen and oxygen atoms in total. The van der Waals surface area contributed by atoms with Crippen LogP contribution in [-0.2, 0) is 17.6 Å². The van der Waals surface area contributed by atoms with E-state index in [1.807, 2.05) is 6.07 Å². The number of nitriles is 1. The summed E-state index contributed by atoms with van der Waals surface area (Å²) in [4.78, 5) is 27.1. The van der Waals surface area contributed by atoms with Gasteiger partial charge in [0.1, 0.15) is 23.5 Å². The molecular formula is C25H21F2N7O. The Morgan fingerprint density at radius 2 is 2.09 bits per heavy atom. The average Bonchev–Trinajstić information content (AvgIpc) is 3.30. The summed E-state index contributed by atoms with van der Waals surface area (Å²) in [7, 11) is 1.60. The second-order valence-electron chi connectivity index (χ2n) is 7.67. The number of hydrogen-bond donors (Lipinski definition) is 2. The Kier molecular flexibility index (Phi) is 6.78. The molecule has 0 spiro atoms. The second kappa shape index (κ2) is 10.1. The third-order valence-electron chi connectivity index (χ3n) is 5.56. The molecule has 1 aromatic heterocycles. The van der Waals surface area contributed by atoms with Crippen LogP contribution in [0.25, 0.3) is 11.3 Å². The molecule has 1 aliphatic rings. The molecule has 2 aromatic carbocycles. The summed E-state index contributed by atoms with van der Waals surface area (Å²) in [6.07, 6.45) is 4.53. The maximum atomic E-state index is 14.1. The molecule has 0 radical (unpaired) electrons. The minimum absolute atomic E-state index is 0.271. The maximum Gasteiger partial charge on any atom is 0.231 e. The number of nitrogens with two attached hydrogens (primary N) is 1. The molecule has 1 aliphatic heterocycles. The van der Waals surface area contributed by atoms with Gasteiger partial charge in [0.2, 0.25) is 11.9 Å². The molecule has 0 unspecified atom stereocenters. The Bertz CT molecular complexity index is 1370. The Labute approximate surface area is 200 Å². The Balaban J connectivity index is 1.64. The van der Waals surface area contributed by atoms with Crippen LogP contribution in [0.3, 0.4) is 0 Å². The standard InChI is InChI=1S/C25H21F2N7O/c1-30-22(5-8-28)33-25-31-9-6-21(32-25)16-11-15-7-10-34(24(15)17(12-16)14-29)23(35)13-18-19(26)3-2-4-20(18)27/h2-6,8-9,11-12H,7,10,13,28H2,1H3,(H,30,31,32,33). The maximum absolute atomic E-state index is 14.1. The number of benzene rings is 2. The molecule has 0 aliphatic carbocycles. The number of amides is 1. The van der Waals surface area contributed by atoms with E-state index in [1.165, 1.54) is 17.2 Å². The van der Waals surface area contributed by atoms with Gasteiger partial charge in [0.25, 0.3) is 0 Å². The second-order valence-corrected chi connectivity index (χ2v) is 7.67. The highest BCUT2D eigenvalue weighted by Crippen LogP contribution is 2.36. The van der Waals surface area contributed by atoms with Crippen LogP contribution in [0.4, 0.5) is 20.4 Å². The predicted molar refractivity (Wildman–Crippen MR) is 129 cm³/mol. The summed E-state index contributed by atoms with van der Waals surface area (Å²) in [5.41, 5.74) is 7.86. The number of carbonyl (C=O) groups excluding carboxylic acids is 1. The molecular weight excluding hydrogens is 452 g/mol. The van der Waals surface area contributed by atoms with Crippen LogP contribution >= 0.6 is 0 Å². The number of hydrogen-bond acceptors (Lipinski definition) is 6.